The number of likely N-dealkylation sites (tertiary alicyclic amines) is 1. The van der Waals surface area contributed by atoms with Crippen molar-refractivity contribution in [3.05, 3.63) is 35.4 Å². The number of rotatable bonds is 4. The lowest BCUT2D eigenvalue weighted by molar-refractivity contribution is 0.251. The summed E-state index contributed by atoms with van der Waals surface area (Å²) in [5.41, 5.74) is 2.95. The van der Waals surface area contributed by atoms with Crippen LogP contribution < -0.4 is 5.32 Å². The topological polar surface area (TPSA) is 15.3 Å². The molecule has 2 nitrogen and oxygen atoms in total. The second-order valence-electron chi connectivity index (χ2n) is 6.58. The summed E-state index contributed by atoms with van der Waals surface area (Å²) in [4.78, 5) is 2.67. The van der Waals surface area contributed by atoms with Crippen LogP contribution in [0.2, 0.25) is 0 Å². The van der Waals surface area contributed by atoms with Gasteiger partial charge in [0.15, 0.2) is 0 Å². The molecule has 0 radical (unpaired) electrons. The molecule has 0 bridgehead atoms. The quantitative estimate of drug-likeness (QED) is 0.904. The summed E-state index contributed by atoms with van der Waals surface area (Å²) in [6.45, 7) is 8.33. The third kappa shape index (κ3) is 2.91. The van der Waals surface area contributed by atoms with E-state index in [0.717, 1.165) is 12.0 Å². The molecule has 3 rings (SSSR count). The number of piperidine rings is 1. The average Bonchev–Trinajstić information content (AvgIpc) is 2.91. The SMILES string of the molecule is CCCc1ccc(C(C)N2CC3CCCNC3C2)cc1. The van der Waals surface area contributed by atoms with Gasteiger partial charge in [-0.1, -0.05) is 37.6 Å². The highest BCUT2D eigenvalue weighted by Gasteiger charge is 2.36. The van der Waals surface area contributed by atoms with Crippen molar-refractivity contribution >= 4 is 0 Å². The molecule has 2 saturated heterocycles. The summed E-state index contributed by atoms with van der Waals surface area (Å²) in [7, 11) is 0. The van der Waals surface area contributed by atoms with Crippen molar-refractivity contribution in [3.8, 4) is 0 Å². The van der Waals surface area contributed by atoms with Crippen LogP contribution in [0.5, 0.6) is 0 Å². The largest absolute Gasteiger partial charge is 0.312 e. The van der Waals surface area contributed by atoms with Gasteiger partial charge in [0.25, 0.3) is 0 Å². The predicted octanol–water partition coefficient (Wildman–Crippen LogP) is 3.38. The van der Waals surface area contributed by atoms with Crippen molar-refractivity contribution in [1.29, 1.82) is 0 Å². The van der Waals surface area contributed by atoms with E-state index in [0.29, 0.717) is 6.04 Å². The van der Waals surface area contributed by atoms with Crippen molar-refractivity contribution in [2.75, 3.05) is 19.6 Å². The molecule has 0 saturated carbocycles. The number of aryl methyl sites for hydroxylation is 1. The molecule has 2 aliphatic heterocycles. The first-order chi connectivity index (χ1) is 9.78. The lowest BCUT2D eigenvalue weighted by Crippen LogP contribution is -2.40. The van der Waals surface area contributed by atoms with E-state index in [1.807, 2.05) is 0 Å². The second kappa shape index (κ2) is 6.28. The van der Waals surface area contributed by atoms with E-state index < -0.39 is 0 Å². The van der Waals surface area contributed by atoms with Crippen LogP contribution in [0.25, 0.3) is 0 Å². The van der Waals surface area contributed by atoms with Crippen LogP contribution in [0.3, 0.4) is 0 Å². The van der Waals surface area contributed by atoms with Gasteiger partial charge < -0.3 is 5.32 Å². The highest BCUT2D eigenvalue weighted by molar-refractivity contribution is 5.25. The lowest BCUT2D eigenvalue weighted by atomic mass is 9.94. The molecule has 1 N–H and O–H groups in total. The Kier molecular flexibility index (Phi) is 4.42. The Labute approximate surface area is 123 Å². The summed E-state index contributed by atoms with van der Waals surface area (Å²) >= 11 is 0. The Morgan fingerprint density at radius 2 is 2.05 bits per heavy atom. The average molecular weight is 272 g/mol. The molecular weight excluding hydrogens is 244 g/mol. The van der Waals surface area contributed by atoms with E-state index in [4.69, 9.17) is 0 Å². The lowest BCUT2D eigenvalue weighted by Gasteiger charge is -2.25. The van der Waals surface area contributed by atoms with Gasteiger partial charge in [-0.05, 0) is 49.8 Å². The summed E-state index contributed by atoms with van der Waals surface area (Å²) < 4.78 is 0. The minimum Gasteiger partial charge on any atom is -0.312 e. The van der Waals surface area contributed by atoms with Crippen LogP contribution in [0.1, 0.15) is 50.3 Å². The molecular formula is C18H28N2. The fourth-order valence-corrected chi connectivity index (χ4v) is 3.86. The molecule has 0 aliphatic carbocycles. The van der Waals surface area contributed by atoms with Gasteiger partial charge in [0.2, 0.25) is 0 Å². The molecule has 2 heteroatoms. The Hall–Kier alpha value is -0.860. The third-order valence-electron chi connectivity index (χ3n) is 5.18. The molecule has 3 unspecified atom stereocenters. The maximum Gasteiger partial charge on any atom is 0.0320 e. The molecule has 2 heterocycles. The highest BCUT2D eigenvalue weighted by Crippen LogP contribution is 2.31. The molecule has 2 aliphatic rings. The zero-order valence-electron chi connectivity index (χ0n) is 12.9. The van der Waals surface area contributed by atoms with Crippen molar-refractivity contribution in [2.45, 2.75) is 51.6 Å². The van der Waals surface area contributed by atoms with Crippen molar-refractivity contribution in [3.63, 3.8) is 0 Å². The summed E-state index contributed by atoms with van der Waals surface area (Å²) in [6, 6.07) is 10.6. The van der Waals surface area contributed by atoms with E-state index in [-0.39, 0.29) is 0 Å². The Morgan fingerprint density at radius 1 is 1.25 bits per heavy atom. The summed E-state index contributed by atoms with van der Waals surface area (Å²) in [5.74, 6) is 0.880. The zero-order valence-corrected chi connectivity index (χ0v) is 12.9. The van der Waals surface area contributed by atoms with Gasteiger partial charge in [-0.15, -0.1) is 0 Å². The monoisotopic (exact) mass is 272 g/mol. The van der Waals surface area contributed by atoms with E-state index in [9.17, 15) is 0 Å². The predicted molar refractivity (Wildman–Crippen MR) is 84.9 cm³/mol. The standard InChI is InChI=1S/C18H28N2/c1-3-5-15-7-9-16(10-8-15)14(2)20-12-17-6-4-11-19-18(17)13-20/h7-10,14,17-19H,3-6,11-13H2,1-2H3. The number of nitrogens with zero attached hydrogens (tertiary/aromatic N) is 1. The number of benzene rings is 1. The molecule has 110 valence electrons. The Bertz CT molecular complexity index is 412. The Balaban J connectivity index is 1.65. The summed E-state index contributed by atoms with van der Waals surface area (Å²) in [5, 5.41) is 3.70. The van der Waals surface area contributed by atoms with Gasteiger partial charge in [0.1, 0.15) is 0 Å². The van der Waals surface area contributed by atoms with Crippen LogP contribution in [-0.2, 0) is 6.42 Å². The first-order valence-corrected chi connectivity index (χ1v) is 8.34. The maximum absolute atomic E-state index is 3.70. The molecule has 2 fully saturated rings. The maximum atomic E-state index is 3.70. The van der Waals surface area contributed by atoms with Crippen LogP contribution in [-0.4, -0.2) is 30.6 Å². The molecule has 3 atom stereocenters. The number of fused-ring (bicyclic) bond motifs is 1. The molecule has 1 aromatic carbocycles. The molecule has 1 aromatic rings. The van der Waals surface area contributed by atoms with Crippen LogP contribution >= 0.6 is 0 Å². The van der Waals surface area contributed by atoms with Gasteiger partial charge in [0.05, 0.1) is 0 Å². The van der Waals surface area contributed by atoms with Crippen LogP contribution in [0.4, 0.5) is 0 Å². The molecule has 0 amide bonds. The van der Waals surface area contributed by atoms with E-state index in [2.05, 4.69) is 48.3 Å². The van der Waals surface area contributed by atoms with E-state index in [1.54, 1.807) is 0 Å². The first-order valence-electron chi connectivity index (χ1n) is 8.34. The third-order valence-corrected chi connectivity index (χ3v) is 5.18. The normalized spacial score (nSPS) is 28.3. The van der Waals surface area contributed by atoms with Crippen LogP contribution in [0, 0.1) is 5.92 Å². The van der Waals surface area contributed by atoms with Crippen molar-refractivity contribution in [2.24, 2.45) is 5.92 Å². The Morgan fingerprint density at radius 3 is 2.75 bits per heavy atom. The van der Waals surface area contributed by atoms with E-state index in [1.165, 1.54) is 56.4 Å². The van der Waals surface area contributed by atoms with Crippen molar-refractivity contribution in [1.82, 2.24) is 10.2 Å². The fraction of sp³-hybridized carbons (Fsp3) is 0.667. The van der Waals surface area contributed by atoms with Gasteiger partial charge >= 0.3 is 0 Å². The van der Waals surface area contributed by atoms with Gasteiger partial charge in [-0.2, -0.15) is 0 Å². The van der Waals surface area contributed by atoms with Gasteiger partial charge in [-0.3, -0.25) is 4.90 Å². The first kappa shape index (κ1) is 14.1. The minimum atomic E-state index is 0.554. The summed E-state index contributed by atoms with van der Waals surface area (Å²) in [6.07, 6.45) is 5.20. The smallest absolute Gasteiger partial charge is 0.0320 e. The fourth-order valence-electron chi connectivity index (χ4n) is 3.86. The van der Waals surface area contributed by atoms with Crippen molar-refractivity contribution < 1.29 is 0 Å². The second-order valence-corrected chi connectivity index (χ2v) is 6.58. The highest BCUT2D eigenvalue weighted by atomic mass is 15.2. The molecule has 20 heavy (non-hydrogen) atoms. The number of nitrogens with one attached hydrogen (secondary N) is 1. The minimum absolute atomic E-state index is 0.554. The molecule has 0 spiro atoms. The van der Waals surface area contributed by atoms with Gasteiger partial charge in [-0.25, -0.2) is 0 Å². The van der Waals surface area contributed by atoms with E-state index >= 15 is 0 Å². The number of hydrogen-bond acceptors (Lipinski definition) is 2. The van der Waals surface area contributed by atoms with Gasteiger partial charge in [0, 0.05) is 25.2 Å². The zero-order chi connectivity index (χ0) is 13.9. The van der Waals surface area contributed by atoms with Crippen LogP contribution in [0.15, 0.2) is 24.3 Å². The number of hydrogen-bond donors (Lipinski definition) is 1. The molecule has 0 aromatic heterocycles.